The molecule has 9 nitrogen and oxygen atoms in total. The largest absolute Gasteiger partial charge is 0.481 e. The second kappa shape index (κ2) is 7.17. The van der Waals surface area contributed by atoms with Crippen LogP contribution in [0.4, 0.5) is 0 Å². The number of aliphatic carboxylic acids is 1. The maximum absolute atomic E-state index is 14.1. The van der Waals surface area contributed by atoms with Crippen molar-refractivity contribution in [2.45, 2.75) is 89.8 Å². The molecule has 9 heteroatoms. The Morgan fingerprint density at radius 2 is 1.91 bits per heavy atom. The zero-order valence-corrected chi connectivity index (χ0v) is 20.7. The average Bonchev–Trinajstić information content (AvgIpc) is 3.32. The lowest BCUT2D eigenvalue weighted by molar-refractivity contribution is -0.236. The Bertz CT molecular complexity index is 1070. The van der Waals surface area contributed by atoms with Crippen molar-refractivity contribution >= 4 is 17.7 Å². The van der Waals surface area contributed by atoms with Crippen LogP contribution in [0.1, 0.15) is 72.0 Å². The number of furan rings is 1. The molecule has 1 aromatic rings. The molecule has 0 aromatic carbocycles. The van der Waals surface area contributed by atoms with Crippen molar-refractivity contribution in [1.29, 1.82) is 0 Å². The van der Waals surface area contributed by atoms with Gasteiger partial charge < -0.3 is 29.2 Å². The Kier molecular flexibility index (Phi) is 5.01. The molecule has 2 aliphatic heterocycles. The average molecular weight is 491 g/mol. The molecule has 2 aliphatic carbocycles. The van der Waals surface area contributed by atoms with E-state index in [9.17, 15) is 29.7 Å². The van der Waals surface area contributed by atoms with Gasteiger partial charge in [0.25, 0.3) is 0 Å². The monoisotopic (exact) mass is 490 g/mol. The number of Topliss-reactive ketones (excluding diaryl/α,β-unsaturated/α-hetero) is 1. The number of hydrogen-bond acceptors (Lipinski definition) is 8. The fourth-order valence-corrected chi connectivity index (χ4v) is 8.51. The number of carbonyl (C=O) groups is 3. The van der Waals surface area contributed by atoms with E-state index in [2.05, 4.69) is 0 Å². The Hall–Kier alpha value is -2.23. The molecular weight excluding hydrogens is 456 g/mol. The molecule has 4 aliphatic rings. The van der Waals surface area contributed by atoms with Crippen LogP contribution in [0.5, 0.6) is 0 Å². The van der Waals surface area contributed by atoms with Gasteiger partial charge in [-0.05, 0) is 45.6 Å². The molecule has 2 saturated carbocycles. The van der Waals surface area contributed by atoms with Gasteiger partial charge in [0.15, 0.2) is 6.10 Å². The number of carbonyl (C=O) groups excluding carboxylic acids is 2. The SMILES string of the molecule is CC(C)(O)[C@@H]1CC(=O)[C@]2(C)[C@H](CC[C@@]3(C)[C@H](c4ccoc4)OC(=O)[C@H]4O[C@]432)[C@@]1(C)C(O)CC(=O)O. The second-order valence-corrected chi connectivity index (χ2v) is 12.1. The van der Waals surface area contributed by atoms with Gasteiger partial charge in [0.2, 0.25) is 0 Å². The molecular formula is C26H34O9. The van der Waals surface area contributed by atoms with Gasteiger partial charge in [-0.25, -0.2) is 4.79 Å². The van der Waals surface area contributed by atoms with E-state index in [0.29, 0.717) is 18.4 Å². The number of ketones is 1. The Morgan fingerprint density at radius 1 is 1.23 bits per heavy atom. The van der Waals surface area contributed by atoms with Gasteiger partial charge in [-0.2, -0.15) is 0 Å². The van der Waals surface area contributed by atoms with Crippen molar-refractivity contribution in [2.24, 2.45) is 28.1 Å². The summed E-state index contributed by atoms with van der Waals surface area (Å²) < 4.78 is 17.3. The zero-order chi connectivity index (χ0) is 25.8. The third-order valence-electron chi connectivity index (χ3n) is 10.2. The maximum atomic E-state index is 14.1. The molecule has 192 valence electrons. The van der Waals surface area contributed by atoms with Crippen LogP contribution in [0.3, 0.4) is 0 Å². The van der Waals surface area contributed by atoms with Gasteiger partial charge in [0.05, 0.1) is 36.1 Å². The highest BCUT2D eigenvalue weighted by atomic mass is 16.7. The number of cyclic esters (lactones) is 1. The molecule has 1 unspecified atom stereocenters. The summed E-state index contributed by atoms with van der Waals surface area (Å²) in [5.41, 5.74) is -4.93. The third-order valence-corrected chi connectivity index (χ3v) is 10.2. The van der Waals surface area contributed by atoms with Crippen LogP contribution in [0.15, 0.2) is 23.0 Å². The first kappa shape index (κ1) is 24.5. The first-order chi connectivity index (χ1) is 16.2. The summed E-state index contributed by atoms with van der Waals surface area (Å²) in [6.45, 7) is 8.74. The van der Waals surface area contributed by atoms with Crippen molar-refractivity contribution in [3.05, 3.63) is 24.2 Å². The van der Waals surface area contributed by atoms with Crippen molar-refractivity contribution in [3.8, 4) is 0 Å². The topological polar surface area (TPSA) is 147 Å². The van der Waals surface area contributed by atoms with E-state index in [0.717, 1.165) is 0 Å². The summed E-state index contributed by atoms with van der Waals surface area (Å²) in [5, 5.41) is 31.9. The summed E-state index contributed by atoms with van der Waals surface area (Å²) in [6.07, 6.45) is 0.504. The van der Waals surface area contributed by atoms with Crippen LogP contribution in [0, 0.1) is 28.1 Å². The van der Waals surface area contributed by atoms with Crippen LogP contribution >= 0.6 is 0 Å². The number of carboxylic acids is 1. The van der Waals surface area contributed by atoms with Gasteiger partial charge in [0, 0.05) is 28.7 Å². The van der Waals surface area contributed by atoms with E-state index in [1.54, 1.807) is 33.8 Å². The Balaban J connectivity index is 1.68. The molecule has 3 heterocycles. The van der Waals surface area contributed by atoms with Crippen LogP contribution in [-0.4, -0.2) is 56.5 Å². The minimum atomic E-state index is -1.35. The van der Waals surface area contributed by atoms with Crippen molar-refractivity contribution < 1.29 is 43.6 Å². The van der Waals surface area contributed by atoms with E-state index in [4.69, 9.17) is 13.9 Å². The Labute approximate surface area is 203 Å². The molecule has 1 spiro atoms. The predicted octanol–water partition coefficient (Wildman–Crippen LogP) is 2.64. The molecule has 2 saturated heterocycles. The lowest BCUT2D eigenvalue weighted by atomic mass is 9.37. The highest BCUT2D eigenvalue weighted by Gasteiger charge is 2.88. The number of rotatable bonds is 5. The normalized spacial score (nSPS) is 45.6. The standard InChI is InChI=1S/C26H34O9/c1-22(2,32)15-10-17(28)25(5)14(24(15,4)16(27)11-18(29)30)6-8-23(3)19(13-7-9-33-12-13)34-21(31)20-26(23,25)35-20/h7,9,12,14-16,19-20,27,32H,6,8,10-11H2,1-5H3,(H,29,30)/t14-,15+,16?,19+,20-,23+,24-,25+,26-/m1/s1. The quantitative estimate of drug-likeness (QED) is 0.418. The molecule has 35 heavy (non-hydrogen) atoms. The molecule has 3 N–H and O–H groups in total. The minimum Gasteiger partial charge on any atom is -0.481 e. The van der Waals surface area contributed by atoms with Crippen molar-refractivity contribution in [1.82, 2.24) is 0 Å². The fourth-order valence-electron chi connectivity index (χ4n) is 8.51. The molecule has 5 rings (SSSR count). The molecule has 0 amide bonds. The molecule has 1 aromatic heterocycles. The summed E-state index contributed by atoms with van der Waals surface area (Å²) in [7, 11) is 0. The number of esters is 1. The van der Waals surface area contributed by atoms with Crippen LogP contribution in [0.25, 0.3) is 0 Å². The first-order valence-electron chi connectivity index (χ1n) is 12.2. The smallest absolute Gasteiger partial charge is 0.339 e. The number of fused-ring (bicyclic) bond motifs is 1. The maximum Gasteiger partial charge on any atom is 0.339 e. The van der Waals surface area contributed by atoms with E-state index in [-0.39, 0.29) is 12.2 Å². The first-order valence-corrected chi connectivity index (χ1v) is 12.2. The minimum absolute atomic E-state index is 0.0665. The molecule has 4 fully saturated rings. The summed E-state index contributed by atoms with van der Waals surface area (Å²) in [5.74, 6) is -3.07. The van der Waals surface area contributed by atoms with Gasteiger partial charge in [0.1, 0.15) is 17.5 Å². The van der Waals surface area contributed by atoms with E-state index >= 15 is 0 Å². The summed E-state index contributed by atoms with van der Waals surface area (Å²) in [4.78, 5) is 38.8. The highest BCUT2D eigenvalue weighted by Crippen LogP contribution is 2.78. The fraction of sp³-hybridized carbons (Fsp3) is 0.731. The number of ether oxygens (including phenoxy) is 2. The lowest BCUT2D eigenvalue weighted by Crippen LogP contribution is -2.73. The number of hydrogen-bond donors (Lipinski definition) is 3. The predicted molar refractivity (Wildman–Crippen MR) is 120 cm³/mol. The second-order valence-electron chi connectivity index (χ2n) is 12.1. The van der Waals surface area contributed by atoms with Crippen LogP contribution in [-0.2, 0) is 23.9 Å². The number of epoxide rings is 1. The van der Waals surface area contributed by atoms with Gasteiger partial charge in [-0.3, -0.25) is 9.59 Å². The zero-order valence-electron chi connectivity index (χ0n) is 20.7. The number of carboxylic acid groups (broad SMARTS) is 1. The summed E-state index contributed by atoms with van der Waals surface area (Å²) in [6, 6.07) is 1.74. The number of aliphatic hydroxyl groups is 2. The highest BCUT2D eigenvalue weighted by molar-refractivity contribution is 5.93. The third kappa shape index (κ3) is 2.83. The molecule has 0 bridgehead atoms. The molecule has 0 radical (unpaired) electrons. The Morgan fingerprint density at radius 3 is 2.49 bits per heavy atom. The van der Waals surface area contributed by atoms with E-state index < -0.39 is 76.0 Å². The van der Waals surface area contributed by atoms with Crippen molar-refractivity contribution in [3.63, 3.8) is 0 Å². The van der Waals surface area contributed by atoms with E-state index in [1.807, 2.05) is 6.92 Å². The van der Waals surface area contributed by atoms with Gasteiger partial charge in [-0.1, -0.05) is 13.8 Å². The molecule has 9 atom stereocenters. The van der Waals surface area contributed by atoms with Gasteiger partial charge in [-0.15, -0.1) is 0 Å². The van der Waals surface area contributed by atoms with E-state index in [1.165, 1.54) is 12.5 Å². The summed E-state index contributed by atoms with van der Waals surface area (Å²) >= 11 is 0. The lowest BCUT2D eigenvalue weighted by Gasteiger charge is -2.66. The number of aliphatic hydroxyl groups excluding tert-OH is 1. The van der Waals surface area contributed by atoms with Crippen molar-refractivity contribution in [2.75, 3.05) is 0 Å². The van der Waals surface area contributed by atoms with Crippen LogP contribution < -0.4 is 0 Å². The van der Waals surface area contributed by atoms with Crippen LogP contribution in [0.2, 0.25) is 0 Å². The van der Waals surface area contributed by atoms with Gasteiger partial charge >= 0.3 is 11.9 Å².